The highest BCUT2D eigenvalue weighted by Crippen LogP contribution is 2.33. The van der Waals surface area contributed by atoms with Gasteiger partial charge < -0.3 is 10.6 Å². The predicted molar refractivity (Wildman–Crippen MR) is 117 cm³/mol. The summed E-state index contributed by atoms with van der Waals surface area (Å²) in [6.07, 6.45) is -3.72. The monoisotopic (exact) mass is 487 g/mol. The molecule has 0 radical (unpaired) electrons. The van der Waals surface area contributed by atoms with Crippen molar-refractivity contribution in [3.8, 4) is 5.69 Å². The molecule has 1 aromatic carbocycles. The van der Waals surface area contributed by atoms with Gasteiger partial charge in [-0.1, -0.05) is 6.07 Å². The van der Waals surface area contributed by atoms with E-state index in [4.69, 9.17) is 0 Å². The van der Waals surface area contributed by atoms with Gasteiger partial charge in [0.1, 0.15) is 0 Å². The Morgan fingerprint density at radius 1 is 1.18 bits per heavy atom. The topological polar surface area (TPSA) is 96.3 Å². The molecule has 1 aliphatic rings. The van der Waals surface area contributed by atoms with Crippen LogP contribution in [0.3, 0.4) is 0 Å². The number of alkyl halides is 3. The molecule has 8 nitrogen and oxygen atoms in total. The molecule has 0 aliphatic carbocycles. The third-order valence-corrected chi connectivity index (χ3v) is 7.52. The van der Waals surface area contributed by atoms with E-state index in [2.05, 4.69) is 15.7 Å². The van der Waals surface area contributed by atoms with Crippen molar-refractivity contribution < 1.29 is 26.4 Å². The van der Waals surface area contributed by atoms with Crippen molar-refractivity contribution in [3.05, 3.63) is 46.8 Å². The Kier molecular flexibility index (Phi) is 7.37. The molecular weight excluding hydrogens is 459 g/mol. The van der Waals surface area contributed by atoms with Crippen molar-refractivity contribution in [1.82, 2.24) is 24.7 Å². The summed E-state index contributed by atoms with van der Waals surface area (Å²) in [6, 6.07) is 4.83. The van der Waals surface area contributed by atoms with Crippen molar-refractivity contribution in [2.75, 3.05) is 18.8 Å². The van der Waals surface area contributed by atoms with E-state index in [1.54, 1.807) is 26.8 Å². The molecule has 33 heavy (non-hydrogen) atoms. The van der Waals surface area contributed by atoms with Crippen molar-refractivity contribution in [3.63, 3.8) is 0 Å². The molecule has 1 fully saturated rings. The smallest absolute Gasteiger partial charge is 0.335 e. The summed E-state index contributed by atoms with van der Waals surface area (Å²) in [5.74, 6) is 0.0193. The fourth-order valence-corrected chi connectivity index (χ4v) is 5.01. The van der Waals surface area contributed by atoms with Crippen LogP contribution in [-0.4, -0.2) is 53.4 Å². The van der Waals surface area contributed by atoms with E-state index >= 15 is 0 Å². The zero-order chi connectivity index (χ0) is 24.4. The molecule has 1 aliphatic heterocycles. The highest BCUT2D eigenvalue weighted by atomic mass is 32.2. The zero-order valence-corrected chi connectivity index (χ0v) is 19.6. The number of urea groups is 1. The van der Waals surface area contributed by atoms with Crippen LogP contribution in [0.25, 0.3) is 5.69 Å². The fraction of sp³-hybridized carbons (Fsp3) is 0.524. The number of hydrogen-bond acceptors (Lipinski definition) is 4. The van der Waals surface area contributed by atoms with Gasteiger partial charge in [0.25, 0.3) is 0 Å². The number of sulfonamides is 1. The fourth-order valence-electron chi connectivity index (χ4n) is 3.88. The number of halogens is 3. The first-order valence-electron chi connectivity index (χ1n) is 10.7. The number of carbonyl (C=O) groups excluding carboxylic acids is 1. The molecule has 0 spiro atoms. The molecule has 2 N–H and O–H groups in total. The highest BCUT2D eigenvalue weighted by molar-refractivity contribution is 7.89. The van der Waals surface area contributed by atoms with Crippen LogP contribution < -0.4 is 10.6 Å². The van der Waals surface area contributed by atoms with Crippen LogP contribution in [0.4, 0.5) is 18.0 Å². The Morgan fingerprint density at radius 2 is 1.85 bits per heavy atom. The largest absolute Gasteiger partial charge is 0.416 e. The second kappa shape index (κ2) is 9.72. The summed E-state index contributed by atoms with van der Waals surface area (Å²) in [4.78, 5) is 12.3. The average Bonchev–Trinajstić information content (AvgIpc) is 3.09. The van der Waals surface area contributed by atoms with E-state index in [-0.39, 0.29) is 29.6 Å². The van der Waals surface area contributed by atoms with Gasteiger partial charge in [-0.15, -0.1) is 0 Å². The molecule has 0 saturated carbocycles. The lowest BCUT2D eigenvalue weighted by Crippen LogP contribution is -2.49. The minimum absolute atomic E-state index is 0.0193. The summed E-state index contributed by atoms with van der Waals surface area (Å²) in [6.45, 7) is 5.39. The van der Waals surface area contributed by atoms with Gasteiger partial charge in [-0.2, -0.15) is 18.3 Å². The molecule has 2 heterocycles. The van der Waals surface area contributed by atoms with Crippen LogP contribution >= 0.6 is 0 Å². The van der Waals surface area contributed by atoms with Crippen molar-refractivity contribution >= 4 is 16.1 Å². The first kappa shape index (κ1) is 25.0. The van der Waals surface area contributed by atoms with E-state index in [1.165, 1.54) is 21.1 Å². The number of rotatable bonds is 6. The first-order chi connectivity index (χ1) is 15.4. The molecule has 0 bridgehead atoms. The Balaban J connectivity index is 1.64. The van der Waals surface area contributed by atoms with Gasteiger partial charge in [0, 0.05) is 31.4 Å². The second-order valence-corrected chi connectivity index (χ2v) is 10.3. The van der Waals surface area contributed by atoms with Crippen LogP contribution in [0.2, 0.25) is 0 Å². The third kappa shape index (κ3) is 6.05. The predicted octanol–water partition coefficient (Wildman–Crippen LogP) is 3.12. The molecule has 2 amide bonds. The van der Waals surface area contributed by atoms with E-state index in [9.17, 15) is 26.4 Å². The lowest BCUT2D eigenvalue weighted by Gasteiger charge is -2.31. The highest BCUT2D eigenvalue weighted by Gasteiger charge is 2.34. The molecule has 2 aromatic rings. The lowest BCUT2D eigenvalue weighted by molar-refractivity contribution is -0.138. The van der Waals surface area contributed by atoms with Gasteiger partial charge >= 0.3 is 12.2 Å². The summed E-state index contributed by atoms with van der Waals surface area (Å²) >= 11 is 0. The molecule has 0 atom stereocenters. The van der Waals surface area contributed by atoms with Gasteiger partial charge in [0.2, 0.25) is 10.0 Å². The quantitative estimate of drug-likeness (QED) is 0.655. The number of piperidine rings is 1. The van der Waals surface area contributed by atoms with Gasteiger partial charge in [-0.3, -0.25) is 0 Å². The standard InChI is InChI=1S/C21H28F3N5O3S/c1-4-33(31,32)28-9-7-17(8-10-28)26-20(30)25-13-16-5-6-18(12-19(16)21(22,23)24)29-15(3)11-14(2)27-29/h5-6,11-12,17H,4,7-10,13H2,1-3H3,(H2,25,26,30). The molecule has 182 valence electrons. The summed E-state index contributed by atoms with van der Waals surface area (Å²) in [5.41, 5.74) is 0.790. The lowest BCUT2D eigenvalue weighted by atomic mass is 10.1. The number of aryl methyl sites for hydroxylation is 2. The van der Waals surface area contributed by atoms with Crippen molar-refractivity contribution in [1.29, 1.82) is 0 Å². The van der Waals surface area contributed by atoms with Crippen LogP contribution in [0.15, 0.2) is 24.3 Å². The number of carbonyl (C=O) groups is 1. The molecule has 1 aromatic heterocycles. The molecule has 3 rings (SSSR count). The molecular formula is C21H28F3N5O3S. The number of aromatic nitrogens is 2. The summed E-state index contributed by atoms with van der Waals surface area (Å²) < 4.78 is 67.8. The van der Waals surface area contributed by atoms with Gasteiger partial charge in [-0.25, -0.2) is 22.2 Å². The zero-order valence-electron chi connectivity index (χ0n) is 18.7. The molecule has 0 unspecified atom stereocenters. The van der Waals surface area contributed by atoms with Crippen LogP contribution in [0.1, 0.15) is 42.3 Å². The Labute approximate surface area is 191 Å². The number of nitrogens with one attached hydrogen (secondary N) is 2. The second-order valence-electron chi connectivity index (χ2n) is 8.08. The van der Waals surface area contributed by atoms with Crippen LogP contribution in [0.5, 0.6) is 0 Å². The SMILES string of the molecule is CCS(=O)(=O)N1CCC(NC(=O)NCc2ccc(-n3nc(C)cc3C)cc2C(F)(F)F)CC1. The van der Waals surface area contributed by atoms with E-state index in [0.29, 0.717) is 37.3 Å². The maximum Gasteiger partial charge on any atom is 0.416 e. The summed E-state index contributed by atoms with van der Waals surface area (Å²) in [7, 11) is -3.27. The van der Waals surface area contributed by atoms with Crippen LogP contribution in [0, 0.1) is 13.8 Å². The number of benzene rings is 1. The van der Waals surface area contributed by atoms with E-state index in [0.717, 1.165) is 6.07 Å². The van der Waals surface area contributed by atoms with E-state index in [1.807, 2.05) is 0 Å². The molecule has 12 heteroatoms. The van der Waals surface area contributed by atoms with Crippen molar-refractivity contribution in [2.45, 2.75) is 52.4 Å². The number of nitrogens with zero attached hydrogens (tertiary/aromatic N) is 3. The third-order valence-electron chi connectivity index (χ3n) is 5.64. The van der Waals surface area contributed by atoms with E-state index < -0.39 is 27.8 Å². The number of amides is 2. The van der Waals surface area contributed by atoms with Crippen LogP contribution in [-0.2, 0) is 22.7 Å². The number of hydrogen-bond donors (Lipinski definition) is 2. The average molecular weight is 488 g/mol. The summed E-state index contributed by atoms with van der Waals surface area (Å²) in [5, 5.41) is 9.43. The van der Waals surface area contributed by atoms with Gasteiger partial charge in [0.15, 0.2) is 0 Å². The molecule has 1 saturated heterocycles. The minimum Gasteiger partial charge on any atom is -0.335 e. The Hall–Kier alpha value is -2.60. The maximum absolute atomic E-state index is 13.7. The Morgan fingerprint density at radius 3 is 2.39 bits per heavy atom. The maximum atomic E-state index is 13.7. The Bertz CT molecular complexity index is 1110. The minimum atomic E-state index is -4.60. The van der Waals surface area contributed by atoms with Crippen molar-refractivity contribution in [2.24, 2.45) is 0 Å². The van der Waals surface area contributed by atoms with Gasteiger partial charge in [0.05, 0.1) is 22.7 Å². The first-order valence-corrected chi connectivity index (χ1v) is 12.3. The van der Waals surface area contributed by atoms with Gasteiger partial charge in [-0.05, 0) is 57.4 Å². The normalized spacial score (nSPS) is 16.1.